The molecule has 0 saturated carbocycles. The molecule has 1 fully saturated rings. The molecule has 0 unspecified atom stereocenters. The number of piperidine rings is 1. The monoisotopic (exact) mass is 208 g/mol. The zero-order chi connectivity index (χ0) is 10.8. The van der Waals surface area contributed by atoms with Gasteiger partial charge in [-0.1, -0.05) is 0 Å². The van der Waals surface area contributed by atoms with Crippen molar-refractivity contribution in [3.05, 3.63) is 24.0 Å². The Bertz CT molecular complexity index is 351. The number of rotatable bonds is 2. The molecule has 1 aliphatic heterocycles. The van der Waals surface area contributed by atoms with Crippen LogP contribution in [0.4, 0.5) is 0 Å². The van der Waals surface area contributed by atoms with Crippen LogP contribution in [0.25, 0.3) is 0 Å². The third-order valence-electron chi connectivity index (χ3n) is 3.07. The summed E-state index contributed by atoms with van der Waals surface area (Å²) < 4.78 is 2.04. The van der Waals surface area contributed by atoms with E-state index < -0.39 is 5.97 Å². The lowest BCUT2D eigenvalue weighted by atomic mass is 10.1. The highest BCUT2D eigenvalue weighted by Gasteiger charge is 2.18. The summed E-state index contributed by atoms with van der Waals surface area (Å²) in [6.45, 7) is 2.18. The molecule has 1 aliphatic rings. The Morgan fingerprint density at radius 1 is 1.47 bits per heavy atom. The highest BCUT2D eigenvalue weighted by atomic mass is 16.4. The molecule has 0 bridgehead atoms. The lowest BCUT2D eigenvalue weighted by molar-refractivity contribution is 0.0696. The molecule has 2 rings (SSSR count). The molecule has 1 aromatic rings. The van der Waals surface area contributed by atoms with E-state index in [1.807, 2.05) is 10.8 Å². The van der Waals surface area contributed by atoms with Crippen LogP contribution in [0.2, 0.25) is 0 Å². The molecule has 1 N–H and O–H groups in total. The van der Waals surface area contributed by atoms with Crippen LogP contribution < -0.4 is 0 Å². The Morgan fingerprint density at radius 3 is 2.67 bits per heavy atom. The van der Waals surface area contributed by atoms with Crippen molar-refractivity contribution < 1.29 is 9.90 Å². The van der Waals surface area contributed by atoms with Crippen molar-refractivity contribution in [3.63, 3.8) is 0 Å². The van der Waals surface area contributed by atoms with Crippen LogP contribution in [-0.2, 0) is 0 Å². The molecule has 0 aliphatic carbocycles. The summed E-state index contributed by atoms with van der Waals surface area (Å²) in [4.78, 5) is 13.0. The number of carboxylic acid groups (broad SMARTS) is 1. The van der Waals surface area contributed by atoms with E-state index in [0.717, 1.165) is 25.9 Å². The normalized spacial score (nSPS) is 19.3. The maximum absolute atomic E-state index is 10.7. The minimum absolute atomic E-state index is 0.383. The van der Waals surface area contributed by atoms with Crippen LogP contribution in [0.1, 0.15) is 29.2 Å². The molecule has 0 radical (unpaired) electrons. The summed E-state index contributed by atoms with van der Waals surface area (Å²) in [5.41, 5.74) is 0.383. The van der Waals surface area contributed by atoms with Crippen molar-refractivity contribution in [1.82, 2.24) is 9.47 Å². The van der Waals surface area contributed by atoms with Crippen molar-refractivity contribution in [1.29, 1.82) is 0 Å². The van der Waals surface area contributed by atoms with Crippen LogP contribution in [0.15, 0.2) is 18.5 Å². The second-order valence-electron chi connectivity index (χ2n) is 4.19. The van der Waals surface area contributed by atoms with Gasteiger partial charge in [0.15, 0.2) is 0 Å². The smallest absolute Gasteiger partial charge is 0.337 e. The van der Waals surface area contributed by atoms with Crippen LogP contribution >= 0.6 is 0 Å². The number of aromatic carboxylic acids is 1. The minimum Gasteiger partial charge on any atom is -0.478 e. The predicted octanol–water partition coefficient (Wildman–Crippen LogP) is 1.45. The van der Waals surface area contributed by atoms with Gasteiger partial charge in [0.25, 0.3) is 0 Å². The zero-order valence-corrected chi connectivity index (χ0v) is 8.89. The molecule has 1 saturated heterocycles. The van der Waals surface area contributed by atoms with Crippen LogP contribution in [0, 0.1) is 0 Å². The van der Waals surface area contributed by atoms with E-state index in [0.29, 0.717) is 11.6 Å². The first-order chi connectivity index (χ1) is 7.16. The largest absolute Gasteiger partial charge is 0.478 e. The van der Waals surface area contributed by atoms with Crippen LogP contribution in [-0.4, -0.2) is 40.7 Å². The first-order valence-electron chi connectivity index (χ1n) is 5.26. The SMILES string of the molecule is CN1CCC(n2ccc(C(=O)O)c2)CC1. The van der Waals surface area contributed by atoms with Gasteiger partial charge in [0.05, 0.1) is 5.56 Å². The molecule has 0 spiro atoms. The maximum atomic E-state index is 10.7. The first-order valence-corrected chi connectivity index (χ1v) is 5.26. The van der Waals surface area contributed by atoms with Gasteiger partial charge in [-0.05, 0) is 39.0 Å². The van der Waals surface area contributed by atoms with Crippen molar-refractivity contribution >= 4 is 5.97 Å². The lowest BCUT2D eigenvalue weighted by Crippen LogP contribution is -2.31. The van der Waals surface area contributed by atoms with E-state index in [9.17, 15) is 4.79 Å². The fraction of sp³-hybridized carbons (Fsp3) is 0.545. The maximum Gasteiger partial charge on any atom is 0.337 e. The molecule has 4 nitrogen and oxygen atoms in total. The first kappa shape index (κ1) is 10.2. The molecule has 15 heavy (non-hydrogen) atoms. The van der Waals surface area contributed by atoms with E-state index in [2.05, 4.69) is 11.9 Å². The van der Waals surface area contributed by atoms with E-state index in [1.165, 1.54) is 0 Å². The molecule has 0 atom stereocenters. The molecule has 1 aromatic heterocycles. The summed E-state index contributed by atoms with van der Waals surface area (Å²) in [6.07, 6.45) is 5.81. The molecule has 0 amide bonds. The number of hydrogen-bond acceptors (Lipinski definition) is 2. The summed E-state index contributed by atoms with van der Waals surface area (Å²) in [5, 5.41) is 8.82. The average molecular weight is 208 g/mol. The zero-order valence-electron chi connectivity index (χ0n) is 8.89. The fourth-order valence-corrected chi connectivity index (χ4v) is 2.06. The topological polar surface area (TPSA) is 45.5 Å². The van der Waals surface area contributed by atoms with Gasteiger partial charge >= 0.3 is 5.97 Å². The van der Waals surface area contributed by atoms with Crippen molar-refractivity contribution in [2.45, 2.75) is 18.9 Å². The predicted molar refractivity (Wildman–Crippen MR) is 57.2 cm³/mol. The van der Waals surface area contributed by atoms with Crippen molar-refractivity contribution in [2.24, 2.45) is 0 Å². The van der Waals surface area contributed by atoms with Crippen molar-refractivity contribution in [2.75, 3.05) is 20.1 Å². The molecular weight excluding hydrogens is 192 g/mol. The Kier molecular flexibility index (Phi) is 2.77. The number of nitrogens with zero attached hydrogens (tertiary/aromatic N) is 2. The molecule has 82 valence electrons. The Morgan fingerprint density at radius 2 is 2.13 bits per heavy atom. The Balaban J connectivity index is 2.06. The van der Waals surface area contributed by atoms with E-state index in [4.69, 9.17) is 5.11 Å². The average Bonchev–Trinajstić information content (AvgIpc) is 2.68. The standard InChI is InChI=1S/C11H16N2O2/c1-12-5-3-10(4-6-12)13-7-2-9(8-13)11(14)15/h2,7-8,10H,3-6H2,1H3,(H,14,15). The van der Waals surface area contributed by atoms with Gasteiger partial charge in [-0.3, -0.25) is 0 Å². The van der Waals surface area contributed by atoms with Gasteiger partial charge in [-0.25, -0.2) is 4.79 Å². The quantitative estimate of drug-likeness (QED) is 0.800. The van der Waals surface area contributed by atoms with Gasteiger partial charge in [0.2, 0.25) is 0 Å². The molecule has 0 aromatic carbocycles. The highest BCUT2D eigenvalue weighted by Crippen LogP contribution is 2.22. The molecule has 4 heteroatoms. The minimum atomic E-state index is -0.846. The summed E-state index contributed by atoms with van der Waals surface area (Å²) >= 11 is 0. The number of hydrogen-bond donors (Lipinski definition) is 1. The third kappa shape index (κ3) is 2.21. The van der Waals surface area contributed by atoms with Gasteiger partial charge in [-0.2, -0.15) is 0 Å². The summed E-state index contributed by atoms with van der Waals surface area (Å²) in [7, 11) is 2.12. The molecular formula is C11H16N2O2. The lowest BCUT2D eigenvalue weighted by Gasteiger charge is -2.29. The van der Waals surface area contributed by atoms with E-state index >= 15 is 0 Å². The third-order valence-corrected chi connectivity index (χ3v) is 3.07. The summed E-state index contributed by atoms with van der Waals surface area (Å²) in [5.74, 6) is -0.846. The van der Waals surface area contributed by atoms with E-state index in [1.54, 1.807) is 12.3 Å². The Hall–Kier alpha value is -1.29. The number of carbonyl (C=O) groups is 1. The van der Waals surface area contributed by atoms with E-state index in [-0.39, 0.29) is 0 Å². The van der Waals surface area contributed by atoms with Gasteiger partial charge in [-0.15, -0.1) is 0 Å². The summed E-state index contributed by atoms with van der Waals surface area (Å²) in [6, 6.07) is 2.13. The van der Waals surface area contributed by atoms with Gasteiger partial charge in [0, 0.05) is 18.4 Å². The number of aromatic nitrogens is 1. The van der Waals surface area contributed by atoms with Gasteiger partial charge in [0.1, 0.15) is 0 Å². The second kappa shape index (κ2) is 4.06. The number of likely N-dealkylation sites (tertiary alicyclic amines) is 1. The highest BCUT2D eigenvalue weighted by molar-refractivity contribution is 5.87. The van der Waals surface area contributed by atoms with Gasteiger partial charge < -0.3 is 14.6 Å². The number of carboxylic acids is 1. The van der Waals surface area contributed by atoms with Crippen molar-refractivity contribution in [3.8, 4) is 0 Å². The molecule has 2 heterocycles. The second-order valence-corrected chi connectivity index (χ2v) is 4.19. The van der Waals surface area contributed by atoms with Crippen LogP contribution in [0.5, 0.6) is 0 Å². The van der Waals surface area contributed by atoms with Crippen LogP contribution in [0.3, 0.4) is 0 Å². The fourth-order valence-electron chi connectivity index (χ4n) is 2.06. The Labute approximate surface area is 89.1 Å².